The maximum atomic E-state index is 12.9. The van der Waals surface area contributed by atoms with Crippen LogP contribution in [0.4, 0.5) is 13.2 Å². The predicted octanol–water partition coefficient (Wildman–Crippen LogP) is 4.80. The first-order valence-electron chi connectivity index (χ1n) is 8.74. The van der Waals surface area contributed by atoms with Crippen LogP contribution in [0, 0.1) is 0 Å². The van der Waals surface area contributed by atoms with Crippen molar-refractivity contribution in [1.82, 2.24) is 0 Å². The van der Waals surface area contributed by atoms with Crippen molar-refractivity contribution in [3.8, 4) is 11.5 Å². The van der Waals surface area contributed by atoms with Crippen LogP contribution in [-0.4, -0.2) is 23.0 Å². The van der Waals surface area contributed by atoms with E-state index in [0.29, 0.717) is 17.2 Å². The molecule has 0 saturated carbocycles. The smallest absolute Gasteiger partial charge is 0.454 e. The molecule has 0 bridgehead atoms. The Morgan fingerprint density at radius 1 is 0.833 bits per heavy atom. The number of ether oxygens (including phenoxy) is 2. The number of carbonyl (C=O) groups excluding carboxylic acids is 1. The molecular formula is C22H13F3O5. The summed E-state index contributed by atoms with van der Waals surface area (Å²) in [6, 6.07) is 18.6. The summed E-state index contributed by atoms with van der Waals surface area (Å²) in [5.41, 5.74) is -0.465. The maximum absolute atomic E-state index is 12.9. The summed E-state index contributed by atoms with van der Waals surface area (Å²) in [6.07, 6.45) is -5.17. The van der Waals surface area contributed by atoms with E-state index in [-0.39, 0.29) is 11.5 Å². The van der Waals surface area contributed by atoms with Crippen molar-refractivity contribution < 1.29 is 37.3 Å². The highest BCUT2D eigenvalue weighted by Crippen LogP contribution is 2.50. The third-order valence-corrected chi connectivity index (χ3v) is 4.61. The molecule has 1 aliphatic rings. The fourth-order valence-corrected chi connectivity index (χ4v) is 3.27. The largest absolute Gasteiger partial charge is 0.478 e. The van der Waals surface area contributed by atoms with Gasteiger partial charge in [0.25, 0.3) is 5.78 Å². The number of rotatable bonds is 4. The van der Waals surface area contributed by atoms with Crippen molar-refractivity contribution in [1.29, 1.82) is 0 Å². The van der Waals surface area contributed by atoms with E-state index >= 15 is 0 Å². The number of carboxylic acid groups (broad SMARTS) is 1. The fourth-order valence-electron chi connectivity index (χ4n) is 3.27. The number of carboxylic acids is 1. The van der Waals surface area contributed by atoms with Gasteiger partial charge in [0.2, 0.25) is 0 Å². The summed E-state index contributed by atoms with van der Waals surface area (Å²) >= 11 is 0. The molecule has 3 aromatic rings. The Morgan fingerprint density at radius 2 is 1.37 bits per heavy atom. The number of alkyl halides is 3. The molecule has 0 spiro atoms. The lowest BCUT2D eigenvalue weighted by molar-refractivity contribution is -0.0885. The van der Waals surface area contributed by atoms with Crippen molar-refractivity contribution in [2.45, 2.75) is 12.0 Å². The van der Waals surface area contributed by atoms with Crippen LogP contribution in [0.2, 0.25) is 0 Å². The Morgan fingerprint density at radius 3 is 1.83 bits per heavy atom. The zero-order valence-electron chi connectivity index (χ0n) is 15.1. The van der Waals surface area contributed by atoms with Gasteiger partial charge in [0, 0.05) is 16.7 Å². The molecule has 4 rings (SSSR count). The van der Waals surface area contributed by atoms with Crippen LogP contribution in [0.5, 0.6) is 11.5 Å². The zero-order valence-corrected chi connectivity index (χ0v) is 15.1. The van der Waals surface area contributed by atoms with Gasteiger partial charge in [-0.3, -0.25) is 4.79 Å². The Balaban J connectivity index is 1.92. The molecule has 1 heterocycles. The summed E-state index contributed by atoms with van der Waals surface area (Å²) in [5.74, 6) is -5.88. The van der Waals surface area contributed by atoms with E-state index in [1.807, 2.05) is 0 Å². The van der Waals surface area contributed by atoms with Crippen LogP contribution >= 0.6 is 0 Å². The van der Waals surface area contributed by atoms with Gasteiger partial charge in [-0.1, -0.05) is 60.7 Å². The van der Waals surface area contributed by atoms with Crippen LogP contribution in [0.1, 0.15) is 31.8 Å². The molecular weight excluding hydrogens is 401 g/mol. The van der Waals surface area contributed by atoms with E-state index < -0.39 is 34.8 Å². The Bertz CT molecular complexity index is 1090. The second-order valence-corrected chi connectivity index (χ2v) is 6.54. The highest BCUT2D eigenvalue weighted by atomic mass is 19.4. The topological polar surface area (TPSA) is 72.8 Å². The Hall–Kier alpha value is -3.81. The molecule has 0 saturated heterocycles. The SMILES string of the molecule is O=C(O)c1cc(C(=O)C(F)(F)F)cc2c1OC(c1ccccc1)(c1ccccc1)O2. The molecule has 0 aromatic heterocycles. The van der Waals surface area contributed by atoms with Crippen LogP contribution in [0.3, 0.4) is 0 Å². The first kappa shape index (κ1) is 19.5. The van der Waals surface area contributed by atoms with Crippen molar-refractivity contribution >= 4 is 11.8 Å². The minimum Gasteiger partial charge on any atom is -0.478 e. The summed E-state index contributed by atoms with van der Waals surface area (Å²) in [4.78, 5) is 23.5. The second kappa shape index (κ2) is 6.91. The summed E-state index contributed by atoms with van der Waals surface area (Å²) < 4.78 is 50.7. The molecule has 0 amide bonds. The molecule has 8 heteroatoms. The molecule has 3 aromatic carbocycles. The molecule has 1 aliphatic heterocycles. The van der Waals surface area contributed by atoms with Gasteiger partial charge in [-0.25, -0.2) is 4.79 Å². The average Bonchev–Trinajstić information content (AvgIpc) is 3.13. The van der Waals surface area contributed by atoms with Gasteiger partial charge in [-0.2, -0.15) is 13.2 Å². The van der Waals surface area contributed by atoms with Gasteiger partial charge in [0.05, 0.1) is 0 Å². The van der Waals surface area contributed by atoms with E-state index in [2.05, 4.69) is 0 Å². The lowest BCUT2D eigenvalue weighted by Gasteiger charge is -2.28. The highest BCUT2D eigenvalue weighted by molar-refractivity contribution is 6.04. The number of hydrogen-bond donors (Lipinski definition) is 1. The standard InChI is InChI=1S/C22H13F3O5/c23-22(24,25)19(26)13-11-16(20(27)28)18-17(12-13)29-21(30-18,14-7-3-1-4-8-14)15-9-5-2-6-10-15/h1-12H,(H,27,28). The van der Waals surface area contributed by atoms with Crippen LogP contribution in [0.25, 0.3) is 0 Å². The molecule has 0 unspecified atom stereocenters. The van der Waals surface area contributed by atoms with Gasteiger partial charge < -0.3 is 14.6 Å². The number of carbonyl (C=O) groups is 2. The van der Waals surface area contributed by atoms with Gasteiger partial charge in [0.1, 0.15) is 5.56 Å². The van der Waals surface area contributed by atoms with Crippen molar-refractivity contribution in [3.63, 3.8) is 0 Å². The molecule has 30 heavy (non-hydrogen) atoms. The second-order valence-electron chi connectivity index (χ2n) is 6.54. The minimum atomic E-state index is -5.17. The number of Topliss-reactive ketones (excluding diaryl/α,β-unsaturated/α-hetero) is 1. The zero-order chi connectivity index (χ0) is 21.5. The Kier molecular flexibility index (Phi) is 4.49. The van der Waals surface area contributed by atoms with Crippen molar-refractivity contribution in [2.24, 2.45) is 0 Å². The van der Waals surface area contributed by atoms with Crippen LogP contribution in [-0.2, 0) is 5.79 Å². The third kappa shape index (κ3) is 3.16. The molecule has 0 radical (unpaired) electrons. The van der Waals surface area contributed by atoms with E-state index in [1.54, 1.807) is 60.7 Å². The molecule has 0 fully saturated rings. The van der Waals surface area contributed by atoms with Gasteiger partial charge in [-0.15, -0.1) is 0 Å². The highest BCUT2D eigenvalue weighted by Gasteiger charge is 2.48. The monoisotopic (exact) mass is 414 g/mol. The first-order valence-corrected chi connectivity index (χ1v) is 8.74. The number of aromatic carboxylic acids is 1. The summed E-state index contributed by atoms with van der Waals surface area (Å²) in [6.45, 7) is 0. The van der Waals surface area contributed by atoms with Crippen molar-refractivity contribution in [2.75, 3.05) is 0 Å². The number of ketones is 1. The number of benzene rings is 3. The normalized spacial score (nSPS) is 14.4. The van der Waals surface area contributed by atoms with Crippen molar-refractivity contribution in [3.05, 3.63) is 95.1 Å². The van der Waals surface area contributed by atoms with E-state index in [1.165, 1.54) is 0 Å². The predicted molar refractivity (Wildman–Crippen MR) is 98.7 cm³/mol. The van der Waals surface area contributed by atoms with E-state index in [9.17, 15) is 27.9 Å². The van der Waals surface area contributed by atoms with Crippen LogP contribution in [0.15, 0.2) is 72.8 Å². The van der Waals surface area contributed by atoms with E-state index in [4.69, 9.17) is 9.47 Å². The summed E-state index contributed by atoms with van der Waals surface area (Å²) in [7, 11) is 0. The fraction of sp³-hybridized carbons (Fsp3) is 0.0909. The number of halogens is 3. The summed E-state index contributed by atoms with van der Waals surface area (Å²) in [5, 5.41) is 9.54. The lowest BCUT2D eigenvalue weighted by Crippen LogP contribution is -2.36. The number of hydrogen-bond acceptors (Lipinski definition) is 4. The van der Waals surface area contributed by atoms with Crippen LogP contribution < -0.4 is 9.47 Å². The molecule has 0 aliphatic carbocycles. The lowest BCUT2D eigenvalue weighted by atomic mass is 9.97. The quantitative estimate of drug-likeness (QED) is 0.621. The molecule has 0 atom stereocenters. The Labute approximate surface area is 168 Å². The molecule has 5 nitrogen and oxygen atoms in total. The average molecular weight is 414 g/mol. The first-order chi connectivity index (χ1) is 14.2. The third-order valence-electron chi connectivity index (χ3n) is 4.61. The maximum Gasteiger partial charge on any atom is 0.454 e. The molecule has 152 valence electrons. The number of fused-ring (bicyclic) bond motifs is 1. The molecule has 1 N–H and O–H groups in total. The van der Waals surface area contributed by atoms with E-state index in [0.717, 1.165) is 6.07 Å². The van der Waals surface area contributed by atoms with Gasteiger partial charge >= 0.3 is 17.9 Å². The van der Waals surface area contributed by atoms with Gasteiger partial charge in [0.15, 0.2) is 11.5 Å². The minimum absolute atomic E-state index is 0.256. The van der Waals surface area contributed by atoms with Gasteiger partial charge in [-0.05, 0) is 12.1 Å².